The lowest BCUT2D eigenvalue weighted by atomic mass is 9.57. The van der Waals surface area contributed by atoms with Gasteiger partial charge in [-0.05, 0) is 68.9 Å². The smallest absolute Gasteiger partial charge is 0.00508 e. The lowest BCUT2D eigenvalue weighted by molar-refractivity contribution is -0.102. The van der Waals surface area contributed by atoms with Gasteiger partial charge in [-0.2, -0.15) is 0 Å². The van der Waals surface area contributed by atoms with Crippen LogP contribution in [-0.4, -0.2) is 38.1 Å². The predicted octanol–water partition coefficient (Wildman–Crippen LogP) is 3.13. The van der Waals surface area contributed by atoms with Gasteiger partial charge in [0.25, 0.3) is 0 Å². The Morgan fingerprint density at radius 3 is 2.37 bits per heavy atom. The number of hydrogen-bond acceptors (Lipinski definition) is 2. The molecule has 2 nitrogen and oxygen atoms in total. The Bertz CT molecular complexity index is 280. The molecule has 19 heavy (non-hydrogen) atoms. The van der Waals surface area contributed by atoms with Crippen LogP contribution in [0.1, 0.15) is 51.9 Å². The maximum Gasteiger partial charge on any atom is 0.00508 e. The molecule has 0 atom stereocenters. The second-order valence-electron chi connectivity index (χ2n) is 7.96. The monoisotopic (exact) mass is 264 g/mol. The highest BCUT2D eigenvalue weighted by Crippen LogP contribution is 2.53. The van der Waals surface area contributed by atoms with Gasteiger partial charge in [0.05, 0.1) is 0 Å². The van der Waals surface area contributed by atoms with Crippen molar-refractivity contribution in [2.24, 2.45) is 23.2 Å². The summed E-state index contributed by atoms with van der Waals surface area (Å²) >= 11 is 0. The van der Waals surface area contributed by atoms with Crippen molar-refractivity contribution in [2.45, 2.75) is 51.9 Å². The number of nitrogens with zero attached hydrogens (tertiary/aromatic N) is 1. The second-order valence-corrected chi connectivity index (χ2v) is 7.96. The zero-order chi connectivity index (χ0) is 13.3. The van der Waals surface area contributed by atoms with Crippen LogP contribution in [0.4, 0.5) is 0 Å². The van der Waals surface area contributed by atoms with Crippen LogP contribution in [0.15, 0.2) is 0 Å². The maximum atomic E-state index is 3.29. The van der Waals surface area contributed by atoms with Crippen molar-refractivity contribution >= 4 is 0 Å². The Kier molecular flexibility index (Phi) is 4.19. The van der Waals surface area contributed by atoms with Crippen molar-refractivity contribution in [3.05, 3.63) is 0 Å². The molecule has 2 heteroatoms. The molecule has 0 aromatic heterocycles. The first kappa shape index (κ1) is 13.9. The molecule has 0 unspecified atom stereocenters. The van der Waals surface area contributed by atoms with Crippen LogP contribution >= 0.6 is 0 Å². The van der Waals surface area contributed by atoms with E-state index in [-0.39, 0.29) is 0 Å². The van der Waals surface area contributed by atoms with E-state index in [1.54, 1.807) is 0 Å². The highest BCUT2D eigenvalue weighted by atomic mass is 15.2. The topological polar surface area (TPSA) is 15.3 Å². The van der Waals surface area contributed by atoms with Gasteiger partial charge in [-0.15, -0.1) is 0 Å². The van der Waals surface area contributed by atoms with Gasteiger partial charge < -0.3 is 10.2 Å². The van der Waals surface area contributed by atoms with Crippen LogP contribution in [0.25, 0.3) is 0 Å². The molecule has 1 N–H and O–H groups in total. The molecule has 3 fully saturated rings. The summed E-state index contributed by atoms with van der Waals surface area (Å²) in [7, 11) is 2.07. The van der Waals surface area contributed by atoms with Crippen molar-refractivity contribution in [3.63, 3.8) is 0 Å². The molecule has 0 aromatic rings. The van der Waals surface area contributed by atoms with Crippen molar-refractivity contribution in [2.75, 3.05) is 33.2 Å². The molecule has 3 aliphatic rings. The highest BCUT2D eigenvalue weighted by Gasteiger charge is 2.51. The maximum absolute atomic E-state index is 3.29. The van der Waals surface area contributed by atoms with Gasteiger partial charge in [0, 0.05) is 19.6 Å². The fraction of sp³-hybridized carbons (Fsp3) is 1.00. The van der Waals surface area contributed by atoms with E-state index in [1.165, 1.54) is 71.1 Å². The average molecular weight is 264 g/mol. The molecule has 110 valence electrons. The Morgan fingerprint density at radius 2 is 1.74 bits per heavy atom. The summed E-state index contributed by atoms with van der Waals surface area (Å²) in [6.07, 6.45) is 10.4. The van der Waals surface area contributed by atoms with Gasteiger partial charge in [-0.3, -0.25) is 0 Å². The van der Waals surface area contributed by atoms with E-state index < -0.39 is 0 Å². The van der Waals surface area contributed by atoms with Gasteiger partial charge >= 0.3 is 0 Å². The molecule has 1 aliphatic heterocycles. The van der Waals surface area contributed by atoms with Crippen LogP contribution in [0.5, 0.6) is 0 Å². The van der Waals surface area contributed by atoms with Gasteiger partial charge in [0.15, 0.2) is 0 Å². The summed E-state index contributed by atoms with van der Waals surface area (Å²) < 4.78 is 0. The Morgan fingerprint density at radius 1 is 1.05 bits per heavy atom. The molecule has 0 amide bonds. The van der Waals surface area contributed by atoms with E-state index >= 15 is 0 Å². The van der Waals surface area contributed by atoms with Crippen LogP contribution in [0, 0.1) is 23.2 Å². The lowest BCUT2D eigenvalue weighted by Gasteiger charge is -2.60. The minimum atomic E-state index is 0.778. The lowest BCUT2D eigenvalue weighted by Crippen LogP contribution is -2.63. The molecule has 2 aliphatic carbocycles. The van der Waals surface area contributed by atoms with Gasteiger partial charge in [0.1, 0.15) is 0 Å². The van der Waals surface area contributed by atoms with E-state index in [0.717, 1.165) is 23.2 Å². The third-order valence-electron chi connectivity index (χ3n) is 6.02. The summed E-state index contributed by atoms with van der Waals surface area (Å²) in [6, 6.07) is 0. The van der Waals surface area contributed by atoms with E-state index in [0.29, 0.717) is 0 Å². The molecule has 0 aromatic carbocycles. The first-order valence-electron chi connectivity index (χ1n) is 8.56. The van der Waals surface area contributed by atoms with E-state index in [2.05, 4.69) is 24.2 Å². The molecular formula is C17H32N2. The largest absolute Gasteiger partial charge is 0.320 e. The molecule has 3 rings (SSSR count). The van der Waals surface area contributed by atoms with E-state index in [4.69, 9.17) is 0 Å². The van der Waals surface area contributed by atoms with Crippen LogP contribution in [0.3, 0.4) is 0 Å². The summed E-state index contributed by atoms with van der Waals surface area (Å²) in [6.45, 7) is 7.90. The van der Waals surface area contributed by atoms with Gasteiger partial charge in [-0.25, -0.2) is 0 Å². The zero-order valence-corrected chi connectivity index (χ0v) is 13.0. The second kappa shape index (κ2) is 5.73. The zero-order valence-electron chi connectivity index (χ0n) is 13.0. The Balaban J connectivity index is 1.31. The number of rotatable bonds is 5. The predicted molar refractivity (Wildman–Crippen MR) is 81.3 cm³/mol. The third-order valence-corrected chi connectivity index (χ3v) is 6.02. The van der Waals surface area contributed by atoms with Gasteiger partial charge in [0.2, 0.25) is 0 Å². The van der Waals surface area contributed by atoms with E-state index in [1.807, 2.05) is 0 Å². The Hall–Kier alpha value is -0.0800. The fourth-order valence-electron chi connectivity index (χ4n) is 4.88. The molecule has 0 bridgehead atoms. The molecule has 2 saturated carbocycles. The molecule has 0 radical (unpaired) electrons. The first-order chi connectivity index (χ1) is 9.19. The number of nitrogens with one attached hydrogen (secondary N) is 1. The van der Waals surface area contributed by atoms with Crippen molar-refractivity contribution in [1.29, 1.82) is 0 Å². The summed E-state index contributed by atoms with van der Waals surface area (Å²) in [5.41, 5.74) is 0.778. The first-order valence-corrected chi connectivity index (χ1v) is 8.56. The molecule has 1 saturated heterocycles. The quantitative estimate of drug-likeness (QED) is 0.820. The molecular weight excluding hydrogens is 232 g/mol. The van der Waals surface area contributed by atoms with Crippen LogP contribution in [0.2, 0.25) is 0 Å². The molecule has 1 heterocycles. The van der Waals surface area contributed by atoms with Gasteiger partial charge in [-0.1, -0.05) is 19.8 Å². The fourth-order valence-corrected chi connectivity index (χ4v) is 4.88. The average Bonchev–Trinajstić information content (AvgIpc) is 2.31. The normalized spacial score (nSPS) is 35.1. The minimum absolute atomic E-state index is 0.778. The summed E-state index contributed by atoms with van der Waals surface area (Å²) in [5.74, 6) is 3.05. The van der Waals surface area contributed by atoms with Crippen molar-refractivity contribution < 1.29 is 0 Å². The van der Waals surface area contributed by atoms with Crippen molar-refractivity contribution in [3.8, 4) is 0 Å². The van der Waals surface area contributed by atoms with Crippen LogP contribution < -0.4 is 5.32 Å². The summed E-state index contributed by atoms with van der Waals surface area (Å²) in [4.78, 5) is 2.76. The number of hydrogen-bond donors (Lipinski definition) is 1. The minimum Gasteiger partial charge on any atom is -0.320 e. The highest BCUT2D eigenvalue weighted by molar-refractivity contribution is 5.04. The summed E-state index contributed by atoms with van der Waals surface area (Å²) in [5, 5.41) is 3.29. The molecule has 1 spiro atoms. The number of likely N-dealkylation sites (tertiary alicyclic amines) is 1. The SMILES string of the molecule is CNCCC1CC2(C1)CN(CC1CCC(C)CC1)C2. The Labute approximate surface area is 119 Å². The van der Waals surface area contributed by atoms with Crippen LogP contribution in [-0.2, 0) is 0 Å². The van der Waals surface area contributed by atoms with E-state index in [9.17, 15) is 0 Å². The third kappa shape index (κ3) is 3.16. The standard InChI is InChI=1S/C17H32N2/c1-14-3-5-15(6-4-14)11-19-12-17(13-19)9-16(10-17)7-8-18-2/h14-16,18H,3-13H2,1-2H3. The van der Waals surface area contributed by atoms with Crippen molar-refractivity contribution in [1.82, 2.24) is 10.2 Å².